The van der Waals surface area contributed by atoms with E-state index in [1.807, 2.05) is 36.4 Å². The Bertz CT molecular complexity index is 1400. The number of carbonyl (C=O) groups excluding carboxylic acids is 1. The van der Waals surface area contributed by atoms with Gasteiger partial charge < -0.3 is 15.4 Å². The molecular formula is C30H31ClF3N4O2+. The highest BCUT2D eigenvalue weighted by Crippen LogP contribution is 2.51. The molecule has 210 valence electrons. The van der Waals surface area contributed by atoms with Gasteiger partial charge in [-0.3, -0.25) is 0 Å². The number of fused-ring (bicyclic) bond motifs is 2. The van der Waals surface area contributed by atoms with Crippen LogP contribution in [0.15, 0.2) is 66.9 Å². The van der Waals surface area contributed by atoms with Crippen LogP contribution in [0.5, 0.6) is 5.75 Å². The van der Waals surface area contributed by atoms with Crippen molar-refractivity contribution in [1.29, 1.82) is 0 Å². The lowest BCUT2D eigenvalue weighted by Crippen LogP contribution is -2.60. The molecule has 2 aliphatic heterocycles. The molecule has 5 rings (SSSR count). The Morgan fingerprint density at radius 1 is 1.15 bits per heavy atom. The zero-order valence-electron chi connectivity index (χ0n) is 22.1. The van der Waals surface area contributed by atoms with E-state index < -0.39 is 17.2 Å². The zero-order chi connectivity index (χ0) is 28.4. The number of hydrogen-bond donors (Lipinski definition) is 2. The number of aromatic nitrogens is 1. The fourth-order valence-corrected chi connectivity index (χ4v) is 6.12. The molecule has 3 aromatic rings. The van der Waals surface area contributed by atoms with Gasteiger partial charge in [0.2, 0.25) is 0 Å². The van der Waals surface area contributed by atoms with Crippen molar-refractivity contribution in [3.8, 4) is 5.75 Å². The smallest absolute Gasteiger partial charge is 0.422 e. The molecule has 0 bridgehead atoms. The number of urea groups is 1. The van der Waals surface area contributed by atoms with Gasteiger partial charge in [-0.25, -0.2) is 14.3 Å². The van der Waals surface area contributed by atoms with Gasteiger partial charge >= 0.3 is 12.2 Å². The summed E-state index contributed by atoms with van der Waals surface area (Å²) < 4.78 is 46.6. The lowest BCUT2D eigenvalue weighted by Gasteiger charge is -2.36. The molecule has 10 heteroatoms. The van der Waals surface area contributed by atoms with E-state index in [1.54, 1.807) is 25.4 Å². The second-order valence-electron chi connectivity index (χ2n) is 10.4. The standard InChI is InChI=1S/C30H30ClF3N4O2/c1-40-24-7-4-21(5-8-24)3-2-16-38(28(39)37-19-22-10-13-36-27(31)17-22)20-29(11-14-35-15-12-29)25-18-23(30(32,33)34)6-9-26(25)38/h2-10,13,17-18,35H,11-12,14-16,19-20H2,1H3/p+1/b3-2+. The van der Waals surface area contributed by atoms with Gasteiger partial charge in [0.25, 0.3) is 0 Å². The Morgan fingerprint density at radius 3 is 2.58 bits per heavy atom. The highest BCUT2D eigenvalue weighted by atomic mass is 35.5. The second kappa shape index (κ2) is 11.2. The molecule has 0 radical (unpaired) electrons. The van der Waals surface area contributed by atoms with E-state index in [0.717, 1.165) is 22.9 Å². The van der Waals surface area contributed by atoms with Gasteiger partial charge in [0.05, 0.1) is 18.1 Å². The minimum Gasteiger partial charge on any atom is -0.497 e. The molecule has 2 aliphatic rings. The van der Waals surface area contributed by atoms with Crippen LogP contribution < -0.4 is 19.9 Å². The van der Waals surface area contributed by atoms with Crippen molar-refractivity contribution in [2.75, 3.05) is 33.3 Å². The van der Waals surface area contributed by atoms with Crippen molar-refractivity contribution >= 4 is 29.4 Å². The average Bonchev–Trinajstić information content (AvgIpc) is 3.21. The Labute approximate surface area is 236 Å². The van der Waals surface area contributed by atoms with Crippen LogP contribution in [0.1, 0.15) is 35.1 Å². The number of rotatable bonds is 6. The van der Waals surface area contributed by atoms with Crippen molar-refractivity contribution in [3.05, 3.63) is 94.3 Å². The fraction of sp³-hybridized carbons (Fsp3) is 0.333. The molecule has 40 heavy (non-hydrogen) atoms. The monoisotopic (exact) mass is 571 g/mol. The number of nitrogens with one attached hydrogen (secondary N) is 2. The SMILES string of the molecule is COc1ccc(/C=C/C[N+]2(C(=O)NCc3ccnc(Cl)c3)CC3(CCNCC3)c3cc(C(F)(F)F)ccc32)cc1. The molecule has 2 N–H and O–H groups in total. The molecular weight excluding hydrogens is 541 g/mol. The molecule has 1 aromatic heterocycles. The number of ether oxygens (including phenoxy) is 1. The van der Waals surface area contributed by atoms with Crippen LogP contribution in [0.25, 0.3) is 6.08 Å². The van der Waals surface area contributed by atoms with Gasteiger partial charge in [0.1, 0.15) is 29.7 Å². The molecule has 6 nitrogen and oxygen atoms in total. The van der Waals surface area contributed by atoms with Gasteiger partial charge in [-0.2, -0.15) is 13.2 Å². The molecule has 3 heterocycles. The number of alkyl halides is 3. The molecule has 1 atom stereocenters. The van der Waals surface area contributed by atoms with Crippen molar-refractivity contribution in [2.45, 2.75) is 31.0 Å². The fourth-order valence-electron chi connectivity index (χ4n) is 5.92. The summed E-state index contributed by atoms with van der Waals surface area (Å²) >= 11 is 6.03. The van der Waals surface area contributed by atoms with Gasteiger partial charge in [-0.05, 0) is 79.5 Å². The maximum Gasteiger partial charge on any atom is 0.422 e. The normalized spacial score (nSPS) is 20.0. The molecule has 2 aromatic carbocycles. The van der Waals surface area contributed by atoms with Crippen molar-refractivity contribution in [2.24, 2.45) is 0 Å². The minimum atomic E-state index is -4.47. The number of amides is 2. The van der Waals surface area contributed by atoms with Crippen LogP contribution in [-0.4, -0.2) is 44.3 Å². The third-order valence-corrected chi connectivity index (χ3v) is 8.16. The average molecular weight is 572 g/mol. The lowest BCUT2D eigenvalue weighted by molar-refractivity contribution is -0.137. The van der Waals surface area contributed by atoms with E-state index in [9.17, 15) is 18.0 Å². The van der Waals surface area contributed by atoms with Crippen LogP contribution >= 0.6 is 11.6 Å². The number of carbonyl (C=O) groups is 1. The highest BCUT2D eigenvalue weighted by molar-refractivity contribution is 6.29. The first-order valence-corrected chi connectivity index (χ1v) is 13.5. The number of halogens is 4. The van der Waals surface area contributed by atoms with Crippen LogP contribution in [-0.2, 0) is 18.1 Å². The summed E-state index contributed by atoms with van der Waals surface area (Å²) in [6.45, 7) is 2.22. The van der Waals surface area contributed by atoms with Gasteiger partial charge in [0.15, 0.2) is 0 Å². The van der Waals surface area contributed by atoms with E-state index in [1.165, 1.54) is 12.1 Å². The number of piperidine rings is 1. The van der Waals surface area contributed by atoms with Crippen LogP contribution in [0.3, 0.4) is 0 Å². The summed E-state index contributed by atoms with van der Waals surface area (Å²) in [6.07, 6.45) is 2.24. The first-order chi connectivity index (χ1) is 19.1. The number of methoxy groups -OCH3 is 1. The van der Waals surface area contributed by atoms with Crippen LogP contribution in [0.4, 0.5) is 23.7 Å². The Balaban J connectivity index is 1.54. The number of benzene rings is 2. The third-order valence-electron chi connectivity index (χ3n) is 7.96. The molecule has 0 aliphatic carbocycles. The number of hydrogen-bond acceptors (Lipinski definition) is 4. The predicted octanol–water partition coefficient (Wildman–Crippen LogP) is 6.33. The summed E-state index contributed by atoms with van der Waals surface area (Å²) in [5.74, 6) is 0.734. The van der Waals surface area contributed by atoms with Crippen LogP contribution in [0.2, 0.25) is 5.15 Å². The molecule has 1 saturated heterocycles. The summed E-state index contributed by atoms with van der Waals surface area (Å²) in [4.78, 5) is 18.1. The maximum absolute atomic E-state index is 14.1. The molecule has 1 spiro atoms. The van der Waals surface area contributed by atoms with Gasteiger partial charge in [-0.15, -0.1) is 0 Å². The molecule has 1 fully saturated rings. The first-order valence-electron chi connectivity index (χ1n) is 13.1. The highest BCUT2D eigenvalue weighted by Gasteiger charge is 2.57. The molecule has 1 unspecified atom stereocenters. The Kier molecular flexibility index (Phi) is 7.90. The Morgan fingerprint density at radius 2 is 1.90 bits per heavy atom. The lowest BCUT2D eigenvalue weighted by atomic mass is 9.74. The van der Waals surface area contributed by atoms with Gasteiger partial charge in [0, 0.05) is 24.4 Å². The molecule has 2 amide bonds. The minimum absolute atomic E-state index is 0.126. The third kappa shape index (κ3) is 5.59. The van der Waals surface area contributed by atoms with E-state index in [-0.39, 0.29) is 23.6 Å². The summed E-state index contributed by atoms with van der Waals surface area (Å²) in [6, 6.07) is 14.6. The van der Waals surface area contributed by atoms with Crippen molar-refractivity contribution < 1.29 is 22.7 Å². The molecule has 0 saturated carbocycles. The number of quaternary nitrogens is 1. The summed E-state index contributed by atoms with van der Waals surface area (Å²) in [7, 11) is 1.60. The largest absolute Gasteiger partial charge is 0.497 e. The van der Waals surface area contributed by atoms with Crippen molar-refractivity contribution in [1.82, 2.24) is 20.1 Å². The zero-order valence-corrected chi connectivity index (χ0v) is 22.9. The predicted molar refractivity (Wildman–Crippen MR) is 150 cm³/mol. The first kappa shape index (κ1) is 28.1. The summed E-state index contributed by atoms with van der Waals surface area (Å²) in [5, 5.41) is 6.68. The van der Waals surface area contributed by atoms with E-state index in [2.05, 4.69) is 15.6 Å². The van der Waals surface area contributed by atoms with E-state index >= 15 is 0 Å². The topological polar surface area (TPSA) is 63.2 Å². The van der Waals surface area contributed by atoms with Crippen LogP contribution in [0, 0.1) is 0 Å². The van der Waals surface area contributed by atoms with E-state index in [0.29, 0.717) is 48.9 Å². The Hall–Kier alpha value is -3.40. The van der Waals surface area contributed by atoms with Gasteiger partial charge in [-0.1, -0.05) is 29.8 Å². The second-order valence-corrected chi connectivity index (χ2v) is 10.8. The quantitative estimate of drug-likeness (QED) is 0.268. The maximum atomic E-state index is 14.1. The van der Waals surface area contributed by atoms with Crippen molar-refractivity contribution in [3.63, 3.8) is 0 Å². The van der Waals surface area contributed by atoms with E-state index in [4.69, 9.17) is 16.3 Å². The number of nitrogens with zero attached hydrogens (tertiary/aromatic N) is 2. The summed E-state index contributed by atoms with van der Waals surface area (Å²) in [5.41, 5.74) is 1.69. The number of pyridine rings is 1.